The Bertz CT molecular complexity index is 572. The molecule has 6 nitrogen and oxygen atoms in total. The van der Waals surface area contributed by atoms with Crippen LogP contribution in [-0.2, 0) is 23.7 Å². The number of methoxy groups -OCH3 is 2. The Morgan fingerprint density at radius 3 is 2.42 bits per heavy atom. The Morgan fingerprint density at radius 2 is 1.88 bits per heavy atom. The standard InChI is InChI=1S/C18H24O6/c1-12-10-11-18(22-4,24-13(12)2)15(17(20)21-3)23-16(19)14-8-6-5-7-9-14/h5-9,12-13,15H,10-11H2,1-4H3/t12-,13-,15-,18-/m1/s1. The molecule has 132 valence electrons. The van der Waals surface area contributed by atoms with E-state index in [0.717, 1.165) is 6.42 Å². The molecule has 0 spiro atoms. The van der Waals surface area contributed by atoms with Gasteiger partial charge in [0.2, 0.25) is 5.79 Å². The molecule has 1 aliphatic rings. The second-order valence-corrected chi connectivity index (χ2v) is 6.03. The van der Waals surface area contributed by atoms with Crippen molar-refractivity contribution < 1.29 is 28.5 Å². The van der Waals surface area contributed by atoms with Crippen molar-refractivity contribution in [3.05, 3.63) is 35.9 Å². The Hall–Kier alpha value is -1.92. The summed E-state index contributed by atoms with van der Waals surface area (Å²) in [6, 6.07) is 8.46. The van der Waals surface area contributed by atoms with Crippen LogP contribution in [0.3, 0.4) is 0 Å². The molecule has 1 aromatic rings. The van der Waals surface area contributed by atoms with Crippen LogP contribution in [0.2, 0.25) is 0 Å². The van der Waals surface area contributed by atoms with Gasteiger partial charge in [-0.05, 0) is 31.4 Å². The number of hydrogen-bond acceptors (Lipinski definition) is 6. The first kappa shape index (κ1) is 18.4. The largest absolute Gasteiger partial charge is 0.466 e. The number of carbonyl (C=O) groups is 2. The molecular formula is C18H24O6. The topological polar surface area (TPSA) is 71.1 Å². The fourth-order valence-electron chi connectivity index (χ4n) is 2.78. The Kier molecular flexibility index (Phi) is 5.96. The smallest absolute Gasteiger partial charge is 0.352 e. The average molecular weight is 336 g/mol. The third-order valence-corrected chi connectivity index (χ3v) is 4.53. The van der Waals surface area contributed by atoms with E-state index in [9.17, 15) is 9.59 Å². The van der Waals surface area contributed by atoms with Crippen molar-refractivity contribution >= 4 is 11.9 Å². The maximum absolute atomic E-state index is 12.4. The van der Waals surface area contributed by atoms with Crippen LogP contribution in [0.5, 0.6) is 0 Å². The lowest BCUT2D eigenvalue weighted by molar-refractivity contribution is -0.310. The average Bonchev–Trinajstić information content (AvgIpc) is 2.62. The third-order valence-electron chi connectivity index (χ3n) is 4.53. The van der Waals surface area contributed by atoms with E-state index in [-0.39, 0.29) is 6.10 Å². The molecule has 0 amide bonds. The molecule has 0 N–H and O–H groups in total. The minimum atomic E-state index is -1.34. The summed E-state index contributed by atoms with van der Waals surface area (Å²) in [6.45, 7) is 3.97. The Labute approximate surface area is 142 Å². The van der Waals surface area contributed by atoms with E-state index < -0.39 is 23.8 Å². The highest BCUT2D eigenvalue weighted by Gasteiger charge is 2.52. The molecule has 1 fully saturated rings. The molecule has 0 saturated carbocycles. The second kappa shape index (κ2) is 7.77. The van der Waals surface area contributed by atoms with Gasteiger partial charge < -0.3 is 18.9 Å². The molecule has 1 aromatic carbocycles. The fraction of sp³-hybridized carbons (Fsp3) is 0.556. The number of hydrogen-bond donors (Lipinski definition) is 0. The molecule has 1 aliphatic heterocycles. The highest BCUT2D eigenvalue weighted by molar-refractivity contribution is 5.91. The van der Waals surface area contributed by atoms with E-state index in [1.807, 2.05) is 6.92 Å². The molecule has 0 radical (unpaired) electrons. The number of carbonyl (C=O) groups excluding carboxylic acids is 2. The molecule has 0 aromatic heterocycles. The summed E-state index contributed by atoms with van der Waals surface area (Å²) in [5.41, 5.74) is 0.342. The first-order chi connectivity index (χ1) is 11.4. The Morgan fingerprint density at radius 1 is 1.21 bits per heavy atom. The summed E-state index contributed by atoms with van der Waals surface area (Å²) >= 11 is 0. The van der Waals surface area contributed by atoms with Crippen molar-refractivity contribution in [2.45, 2.75) is 44.7 Å². The van der Waals surface area contributed by atoms with Gasteiger partial charge in [0.25, 0.3) is 6.10 Å². The highest BCUT2D eigenvalue weighted by atomic mass is 16.7. The molecule has 0 unspecified atom stereocenters. The summed E-state index contributed by atoms with van der Waals surface area (Å²) in [7, 11) is 2.68. The van der Waals surface area contributed by atoms with E-state index in [1.165, 1.54) is 14.2 Å². The summed E-state index contributed by atoms with van der Waals surface area (Å²) in [5, 5.41) is 0. The van der Waals surface area contributed by atoms with Gasteiger partial charge in [0, 0.05) is 13.5 Å². The van der Waals surface area contributed by atoms with Crippen LogP contribution in [0.15, 0.2) is 30.3 Å². The summed E-state index contributed by atoms with van der Waals surface area (Å²) in [6.07, 6.45) is -0.223. The summed E-state index contributed by atoms with van der Waals surface area (Å²) < 4.78 is 21.7. The van der Waals surface area contributed by atoms with Gasteiger partial charge >= 0.3 is 11.9 Å². The van der Waals surface area contributed by atoms with E-state index in [4.69, 9.17) is 18.9 Å². The molecule has 0 aliphatic carbocycles. The zero-order valence-corrected chi connectivity index (χ0v) is 14.5. The first-order valence-corrected chi connectivity index (χ1v) is 8.00. The van der Waals surface area contributed by atoms with E-state index in [1.54, 1.807) is 30.3 Å². The van der Waals surface area contributed by atoms with Gasteiger partial charge in [0.05, 0.1) is 18.8 Å². The van der Waals surface area contributed by atoms with Gasteiger partial charge in [-0.2, -0.15) is 0 Å². The van der Waals surface area contributed by atoms with Crippen LogP contribution in [0, 0.1) is 5.92 Å². The highest BCUT2D eigenvalue weighted by Crippen LogP contribution is 2.37. The van der Waals surface area contributed by atoms with Crippen molar-refractivity contribution in [3.8, 4) is 0 Å². The number of benzene rings is 1. The van der Waals surface area contributed by atoms with Crippen LogP contribution in [0.4, 0.5) is 0 Å². The molecule has 2 rings (SSSR count). The van der Waals surface area contributed by atoms with Gasteiger partial charge in [-0.3, -0.25) is 0 Å². The van der Waals surface area contributed by atoms with Gasteiger partial charge in [0.1, 0.15) is 0 Å². The second-order valence-electron chi connectivity index (χ2n) is 6.03. The fourth-order valence-corrected chi connectivity index (χ4v) is 2.78. The quantitative estimate of drug-likeness (QED) is 0.770. The van der Waals surface area contributed by atoms with Crippen LogP contribution in [0.25, 0.3) is 0 Å². The molecule has 24 heavy (non-hydrogen) atoms. The maximum atomic E-state index is 12.4. The van der Waals surface area contributed by atoms with Gasteiger partial charge in [0.15, 0.2) is 0 Å². The molecule has 6 heteroatoms. The maximum Gasteiger partial charge on any atom is 0.352 e. The van der Waals surface area contributed by atoms with Crippen LogP contribution < -0.4 is 0 Å². The number of ether oxygens (including phenoxy) is 4. The van der Waals surface area contributed by atoms with E-state index >= 15 is 0 Å². The Balaban J connectivity index is 2.27. The minimum Gasteiger partial charge on any atom is -0.466 e. The van der Waals surface area contributed by atoms with Gasteiger partial charge in [-0.15, -0.1) is 0 Å². The monoisotopic (exact) mass is 336 g/mol. The molecule has 0 bridgehead atoms. The molecule has 4 atom stereocenters. The van der Waals surface area contributed by atoms with Gasteiger partial charge in [-0.1, -0.05) is 25.1 Å². The van der Waals surface area contributed by atoms with Crippen molar-refractivity contribution in [3.63, 3.8) is 0 Å². The zero-order chi connectivity index (χ0) is 17.7. The van der Waals surface area contributed by atoms with Crippen LogP contribution >= 0.6 is 0 Å². The molecular weight excluding hydrogens is 312 g/mol. The van der Waals surface area contributed by atoms with Gasteiger partial charge in [-0.25, -0.2) is 9.59 Å². The molecule has 1 heterocycles. The van der Waals surface area contributed by atoms with E-state index in [0.29, 0.717) is 17.9 Å². The van der Waals surface area contributed by atoms with Crippen LogP contribution in [-0.4, -0.2) is 44.2 Å². The van der Waals surface area contributed by atoms with E-state index in [2.05, 4.69) is 6.92 Å². The molecule has 1 saturated heterocycles. The minimum absolute atomic E-state index is 0.138. The lowest BCUT2D eigenvalue weighted by atomic mass is 9.89. The SMILES string of the molecule is COC(=O)[C@@H](OC(=O)c1ccccc1)[C@@]1(OC)CC[C@@H](C)[C@@H](C)O1. The summed E-state index contributed by atoms with van der Waals surface area (Å²) in [5.74, 6) is -2.36. The first-order valence-electron chi connectivity index (χ1n) is 8.00. The van der Waals surface area contributed by atoms with Crippen molar-refractivity contribution in [2.24, 2.45) is 5.92 Å². The lowest BCUT2D eigenvalue weighted by Gasteiger charge is -2.44. The predicted molar refractivity (Wildman–Crippen MR) is 86.3 cm³/mol. The normalized spacial score (nSPS) is 28.0. The van der Waals surface area contributed by atoms with Crippen molar-refractivity contribution in [1.82, 2.24) is 0 Å². The van der Waals surface area contributed by atoms with Crippen LogP contribution in [0.1, 0.15) is 37.0 Å². The number of esters is 2. The van der Waals surface area contributed by atoms with Crippen molar-refractivity contribution in [1.29, 1.82) is 0 Å². The lowest BCUT2D eigenvalue weighted by Crippen LogP contribution is -2.57. The third kappa shape index (κ3) is 3.76. The predicted octanol–water partition coefficient (Wildman–Crippen LogP) is 2.56. The van der Waals surface area contributed by atoms with Crippen molar-refractivity contribution in [2.75, 3.05) is 14.2 Å². The zero-order valence-electron chi connectivity index (χ0n) is 14.5. The number of rotatable bonds is 5. The summed E-state index contributed by atoms with van der Waals surface area (Å²) in [4.78, 5) is 24.7.